The number of β-lactam (4-membered cyclic amide) rings is 1. The summed E-state index contributed by atoms with van der Waals surface area (Å²) in [4.78, 5) is 30.4. The van der Waals surface area contributed by atoms with E-state index >= 15 is 0 Å². The summed E-state index contributed by atoms with van der Waals surface area (Å²) < 4.78 is 9.94. The molecule has 3 atom stereocenters. The van der Waals surface area contributed by atoms with Gasteiger partial charge in [-0.3, -0.25) is 9.79 Å². The van der Waals surface area contributed by atoms with Crippen LogP contribution >= 0.6 is 23.4 Å². The number of nitrogens with zero attached hydrogens (tertiary/aromatic N) is 2. The van der Waals surface area contributed by atoms with Crippen LogP contribution in [0.15, 0.2) is 35.3 Å². The SMILES string of the molecule is COC(=O)[C@@H]1N2C(=O)[C@H](N=C(Cl)COc3ccccc3)[C@H]2SC1(C)C. The van der Waals surface area contributed by atoms with Crippen molar-refractivity contribution in [2.24, 2.45) is 4.99 Å². The van der Waals surface area contributed by atoms with Gasteiger partial charge in [-0.15, -0.1) is 11.8 Å². The number of para-hydroxylation sites is 1. The minimum atomic E-state index is -0.606. The van der Waals surface area contributed by atoms with Crippen LogP contribution in [0.5, 0.6) is 5.75 Å². The molecule has 2 aliphatic heterocycles. The van der Waals surface area contributed by atoms with Crippen LogP contribution in [0.1, 0.15) is 13.8 Å². The molecule has 8 heteroatoms. The van der Waals surface area contributed by atoms with Gasteiger partial charge in [0.15, 0.2) is 6.04 Å². The summed E-state index contributed by atoms with van der Waals surface area (Å²) in [6.07, 6.45) is 0. The fourth-order valence-corrected chi connectivity index (χ4v) is 4.82. The minimum absolute atomic E-state index is 0.0938. The Morgan fingerprint density at radius 3 is 2.68 bits per heavy atom. The number of halogens is 1. The smallest absolute Gasteiger partial charge is 0.330 e. The molecule has 2 fully saturated rings. The molecular formula is C17H19ClN2O4S. The molecule has 1 aromatic rings. The Bertz CT molecular complexity index is 710. The highest BCUT2D eigenvalue weighted by Crippen LogP contribution is 2.51. The third-order valence-electron chi connectivity index (χ3n) is 4.22. The monoisotopic (exact) mass is 382 g/mol. The van der Waals surface area contributed by atoms with Gasteiger partial charge in [0.25, 0.3) is 5.91 Å². The lowest BCUT2D eigenvalue weighted by molar-refractivity contribution is -0.160. The fraction of sp³-hybridized carbons (Fsp3) is 0.471. The quantitative estimate of drug-likeness (QED) is 0.444. The molecule has 25 heavy (non-hydrogen) atoms. The number of thioether (sulfide) groups is 1. The van der Waals surface area contributed by atoms with Gasteiger partial charge >= 0.3 is 5.97 Å². The summed E-state index contributed by atoms with van der Waals surface area (Å²) in [6, 6.07) is 8.04. The van der Waals surface area contributed by atoms with E-state index in [1.807, 2.05) is 44.2 Å². The van der Waals surface area contributed by atoms with Gasteiger partial charge in [-0.1, -0.05) is 29.8 Å². The van der Waals surface area contributed by atoms with Gasteiger partial charge < -0.3 is 14.4 Å². The second-order valence-electron chi connectivity index (χ2n) is 6.33. The highest BCUT2D eigenvalue weighted by molar-refractivity contribution is 8.01. The maximum absolute atomic E-state index is 12.5. The first-order valence-corrected chi connectivity index (χ1v) is 9.09. The number of hydrogen-bond acceptors (Lipinski definition) is 6. The van der Waals surface area contributed by atoms with Crippen LogP contribution in [0.25, 0.3) is 0 Å². The van der Waals surface area contributed by atoms with Crippen LogP contribution in [0.3, 0.4) is 0 Å². The van der Waals surface area contributed by atoms with E-state index in [4.69, 9.17) is 21.1 Å². The lowest BCUT2D eigenvalue weighted by atomic mass is 9.96. The molecule has 6 nitrogen and oxygen atoms in total. The van der Waals surface area contributed by atoms with Gasteiger partial charge in [-0.05, 0) is 26.0 Å². The van der Waals surface area contributed by atoms with E-state index in [0.29, 0.717) is 5.75 Å². The molecule has 0 N–H and O–H groups in total. The highest BCUT2D eigenvalue weighted by Gasteiger charge is 2.64. The van der Waals surface area contributed by atoms with Crippen LogP contribution in [0.2, 0.25) is 0 Å². The average molecular weight is 383 g/mol. The van der Waals surface area contributed by atoms with Crippen molar-refractivity contribution >= 4 is 40.4 Å². The summed E-state index contributed by atoms with van der Waals surface area (Å²) in [5, 5.41) is 0.0128. The largest absolute Gasteiger partial charge is 0.486 e. The zero-order valence-electron chi connectivity index (χ0n) is 14.1. The number of ether oxygens (including phenoxy) is 2. The molecule has 2 saturated heterocycles. The third-order valence-corrected chi connectivity index (χ3v) is 5.98. The van der Waals surface area contributed by atoms with E-state index in [-0.39, 0.29) is 23.1 Å². The maximum atomic E-state index is 12.5. The number of rotatable bonds is 5. The first kappa shape index (κ1) is 18.1. The molecule has 134 valence electrons. The number of hydrogen-bond donors (Lipinski definition) is 0. The Hall–Kier alpha value is -1.73. The van der Waals surface area contributed by atoms with Crippen molar-refractivity contribution < 1.29 is 19.1 Å². The van der Waals surface area contributed by atoms with Crippen molar-refractivity contribution in [3.63, 3.8) is 0 Å². The number of aliphatic imine (C=N–C) groups is 1. The van der Waals surface area contributed by atoms with E-state index in [2.05, 4.69) is 4.99 Å². The van der Waals surface area contributed by atoms with Crippen LogP contribution in [-0.4, -0.2) is 57.9 Å². The Morgan fingerprint density at radius 2 is 2.04 bits per heavy atom. The molecule has 0 aliphatic carbocycles. The Balaban J connectivity index is 1.67. The summed E-state index contributed by atoms with van der Waals surface area (Å²) in [5.41, 5.74) is 0. The van der Waals surface area contributed by atoms with E-state index in [1.165, 1.54) is 18.9 Å². The summed E-state index contributed by atoms with van der Waals surface area (Å²) in [7, 11) is 1.33. The van der Waals surface area contributed by atoms with Crippen molar-refractivity contribution in [3.8, 4) is 5.75 Å². The molecule has 2 heterocycles. The molecule has 0 unspecified atom stereocenters. The van der Waals surface area contributed by atoms with Crippen LogP contribution in [0, 0.1) is 0 Å². The molecule has 0 bridgehead atoms. The molecule has 0 aromatic heterocycles. The third kappa shape index (κ3) is 3.35. The number of benzene rings is 1. The number of carbonyl (C=O) groups is 2. The van der Waals surface area contributed by atoms with Gasteiger partial charge in [0, 0.05) is 4.75 Å². The minimum Gasteiger partial charge on any atom is -0.486 e. The van der Waals surface area contributed by atoms with Gasteiger partial charge in [-0.25, -0.2) is 4.79 Å². The predicted molar refractivity (Wildman–Crippen MR) is 97.1 cm³/mol. The first-order chi connectivity index (χ1) is 11.8. The Labute approximate surface area is 155 Å². The number of fused-ring (bicyclic) bond motifs is 1. The molecule has 2 aliphatic rings. The number of methoxy groups -OCH3 is 1. The molecule has 0 radical (unpaired) electrons. The lowest BCUT2D eigenvalue weighted by Crippen LogP contribution is -2.65. The molecule has 1 amide bonds. The van der Waals surface area contributed by atoms with Crippen molar-refractivity contribution in [2.75, 3.05) is 13.7 Å². The maximum Gasteiger partial charge on any atom is 0.330 e. The normalized spacial score (nSPS) is 27.5. The number of esters is 1. The van der Waals surface area contributed by atoms with Crippen molar-refractivity contribution in [1.82, 2.24) is 4.90 Å². The lowest BCUT2D eigenvalue weighted by Gasteiger charge is -2.41. The topological polar surface area (TPSA) is 68.2 Å². The molecule has 1 aromatic carbocycles. The summed E-state index contributed by atoms with van der Waals surface area (Å²) in [5.74, 6) is 0.0603. The van der Waals surface area contributed by atoms with Crippen molar-refractivity contribution in [2.45, 2.75) is 36.1 Å². The zero-order chi connectivity index (χ0) is 18.2. The van der Waals surface area contributed by atoms with Crippen LogP contribution < -0.4 is 4.74 Å². The standard InChI is InChI=1S/C17H19ClN2O4S/c1-17(2)13(16(22)23-3)20-14(21)12(15(20)25-17)19-11(18)9-24-10-7-5-4-6-8-10/h4-8,12-13,15H,9H2,1-3H3/t12-,13-,15+/m0/s1. The summed E-state index contributed by atoms with van der Waals surface area (Å²) >= 11 is 7.68. The summed E-state index contributed by atoms with van der Waals surface area (Å²) in [6.45, 7) is 3.94. The first-order valence-electron chi connectivity index (χ1n) is 7.83. The van der Waals surface area contributed by atoms with Crippen LogP contribution in [0.4, 0.5) is 0 Å². The second kappa shape index (κ2) is 6.88. The van der Waals surface area contributed by atoms with Crippen LogP contribution in [-0.2, 0) is 14.3 Å². The van der Waals surface area contributed by atoms with Crippen molar-refractivity contribution in [3.05, 3.63) is 30.3 Å². The van der Waals surface area contributed by atoms with Crippen molar-refractivity contribution in [1.29, 1.82) is 0 Å². The average Bonchev–Trinajstić information content (AvgIpc) is 2.86. The molecule has 0 spiro atoms. The molecule has 0 saturated carbocycles. The van der Waals surface area contributed by atoms with E-state index in [1.54, 1.807) is 4.90 Å². The van der Waals surface area contributed by atoms with Gasteiger partial charge in [-0.2, -0.15) is 0 Å². The van der Waals surface area contributed by atoms with Gasteiger partial charge in [0.05, 0.1) is 7.11 Å². The fourth-order valence-electron chi connectivity index (χ4n) is 3.05. The number of carbonyl (C=O) groups excluding carboxylic acids is 2. The van der Waals surface area contributed by atoms with E-state index in [0.717, 1.165) is 0 Å². The molecular weight excluding hydrogens is 364 g/mol. The number of amides is 1. The van der Waals surface area contributed by atoms with E-state index < -0.39 is 22.8 Å². The van der Waals surface area contributed by atoms with Gasteiger partial charge in [0.2, 0.25) is 0 Å². The molecule has 3 rings (SSSR count). The van der Waals surface area contributed by atoms with Gasteiger partial charge in [0.1, 0.15) is 28.9 Å². The second-order valence-corrected chi connectivity index (χ2v) is 8.54. The van der Waals surface area contributed by atoms with E-state index in [9.17, 15) is 9.59 Å². The Kier molecular flexibility index (Phi) is 4.97. The predicted octanol–water partition coefficient (Wildman–Crippen LogP) is 2.31. The highest BCUT2D eigenvalue weighted by atomic mass is 35.5. The zero-order valence-corrected chi connectivity index (χ0v) is 15.7. The Morgan fingerprint density at radius 1 is 1.36 bits per heavy atom.